The molecule has 0 fully saturated rings. The van der Waals surface area contributed by atoms with Crippen molar-refractivity contribution in [1.82, 2.24) is 19.7 Å². The number of anilines is 1. The number of rotatable bonds is 7. The molecule has 0 saturated carbocycles. The first-order chi connectivity index (χ1) is 12.6. The van der Waals surface area contributed by atoms with E-state index in [-0.39, 0.29) is 24.7 Å². The molecule has 2 amide bonds. The lowest BCUT2D eigenvalue weighted by atomic mass is 10.2. The monoisotopic (exact) mass is 359 g/mol. The van der Waals surface area contributed by atoms with Crippen molar-refractivity contribution in [1.29, 1.82) is 0 Å². The van der Waals surface area contributed by atoms with Gasteiger partial charge < -0.3 is 14.6 Å². The van der Waals surface area contributed by atoms with Crippen LogP contribution in [-0.4, -0.2) is 53.0 Å². The Morgan fingerprint density at radius 1 is 1.31 bits per heavy atom. The maximum Gasteiger partial charge on any atom is 0.228 e. The van der Waals surface area contributed by atoms with Crippen LogP contribution in [0.5, 0.6) is 0 Å². The summed E-state index contributed by atoms with van der Waals surface area (Å²) in [5.41, 5.74) is 1.86. The summed E-state index contributed by atoms with van der Waals surface area (Å²) in [7, 11) is 3.55. The Hall–Kier alpha value is -2.61. The van der Waals surface area contributed by atoms with E-state index in [1.165, 1.54) is 0 Å². The van der Waals surface area contributed by atoms with Gasteiger partial charge in [-0.3, -0.25) is 14.5 Å². The van der Waals surface area contributed by atoms with E-state index >= 15 is 0 Å². The number of carbonyl (C=O) groups excluding carboxylic acids is 2. The second-order valence-corrected chi connectivity index (χ2v) is 6.36. The highest BCUT2D eigenvalue weighted by Gasteiger charge is 2.25. The smallest absolute Gasteiger partial charge is 0.228 e. The van der Waals surface area contributed by atoms with Crippen LogP contribution in [0.25, 0.3) is 11.4 Å². The Labute approximate surface area is 152 Å². The summed E-state index contributed by atoms with van der Waals surface area (Å²) in [6, 6.07) is 5.93. The number of fused-ring (bicyclic) bond motifs is 1. The fourth-order valence-corrected chi connectivity index (χ4v) is 3.12. The molecule has 3 heterocycles. The Kier molecular flexibility index (Phi) is 5.72. The lowest BCUT2D eigenvalue weighted by Gasteiger charge is -2.27. The third kappa shape index (κ3) is 3.96. The van der Waals surface area contributed by atoms with Gasteiger partial charge in [-0.15, -0.1) is 0 Å². The lowest BCUT2D eigenvalue weighted by molar-refractivity contribution is -0.125. The summed E-state index contributed by atoms with van der Waals surface area (Å²) < 4.78 is 8.77. The second kappa shape index (κ2) is 8.18. The van der Waals surface area contributed by atoms with Gasteiger partial charge in [-0.05, 0) is 18.6 Å². The number of amides is 2. The fourth-order valence-electron chi connectivity index (χ4n) is 3.12. The predicted octanol–water partition coefficient (Wildman–Crippen LogP) is 1.17. The Morgan fingerprint density at radius 2 is 2.15 bits per heavy atom. The number of nitrogens with one attached hydrogen (secondary N) is 1. The van der Waals surface area contributed by atoms with E-state index in [4.69, 9.17) is 4.74 Å². The van der Waals surface area contributed by atoms with Crippen LogP contribution in [0.3, 0.4) is 0 Å². The van der Waals surface area contributed by atoms with Gasteiger partial charge in [0.05, 0.1) is 12.3 Å². The van der Waals surface area contributed by atoms with Crippen molar-refractivity contribution >= 4 is 17.6 Å². The molecule has 0 bridgehead atoms. The first kappa shape index (κ1) is 18.2. The molecule has 2 aromatic rings. The summed E-state index contributed by atoms with van der Waals surface area (Å²) in [5, 5.41) is 7.38. The van der Waals surface area contributed by atoms with Crippen molar-refractivity contribution in [3.63, 3.8) is 0 Å². The van der Waals surface area contributed by atoms with Gasteiger partial charge in [0.2, 0.25) is 11.8 Å². The van der Waals surface area contributed by atoms with Crippen LogP contribution in [-0.2, 0) is 27.9 Å². The third-order valence-electron chi connectivity index (χ3n) is 4.49. The van der Waals surface area contributed by atoms with Crippen molar-refractivity contribution in [3.8, 4) is 11.4 Å². The zero-order valence-electron chi connectivity index (χ0n) is 15.3. The minimum absolute atomic E-state index is 0.0498. The molecule has 8 nitrogen and oxygen atoms in total. The molecular formula is C18H25N5O3. The number of aromatic nitrogens is 3. The third-order valence-corrected chi connectivity index (χ3v) is 4.49. The lowest BCUT2D eigenvalue weighted by Crippen LogP contribution is -2.38. The van der Waals surface area contributed by atoms with Crippen molar-refractivity contribution < 1.29 is 14.3 Å². The first-order valence-electron chi connectivity index (χ1n) is 8.85. The summed E-state index contributed by atoms with van der Waals surface area (Å²) in [6.07, 6.45) is 3.19. The molecule has 0 saturated heterocycles. The van der Waals surface area contributed by atoms with Gasteiger partial charge in [0.15, 0.2) is 0 Å². The van der Waals surface area contributed by atoms with Crippen molar-refractivity contribution in [2.75, 3.05) is 31.7 Å². The maximum atomic E-state index is 12.6. The molecule has 1 aliphatic heterocycles. The summed E-state index contributed by atoms with van der Waals surface area (Å²) >= 11 is 0. The van der Waals surface area contributed by atoms with E-state index in [1.54, 1.807) is 12.0 Å². The molecule has 0 atom stereocenters. The molecular weight excluding hydrogens is 334 g/mol. The van der Waals surface area contributed by atoms with Gasteiger partial charge >= 0.3 is 0 Å². The zero-order chi connectivity index (χ0) is 18.5. The largest absolute Gasteiger partial charge is 0.383 e. The van der Waals surface area contributed by atoms with Crippen LogP contribution >= 0.6 is 0 Å². The van der Waals surface area contributed by atoms with Crippen molar-refractivity contribution in [3.05, 3.63) is 24.4 Å². The van der Waals surface area contributed by atoms with Gasteiger partial charge in [0.1, 0.15) is 11.5 Å². The minimum Gasteiger partial charge on any atom is -0.383 e. The highest BCUT2D eigenvalue weighted by atomic mass is 16.5. The highest BCUT2D eigenvalue weighted by Crippen LogP contribution is 2.28. The SMILES string of the molecule is COCCNC(=O)CCC(=O)N1CCCn2nc(-c3cccn3C)cc21. The normalized spacial score (nSPS) is 13.5. The maximum absolute atomic E-state index is 12.6. The van der Waals surface area contributed by atoms with Crippen LogP contribution in [0, 0.1) is 0 Å². The summed E-state index contributed by atoms with van der Waals surface area (Å²) in [4.78, 5) is 26.2. The molecule has 0 spiro atoms. The number of methoxy groups -OCH3 is 1. The van der Waals surface area contributed by atoms with Crippen molar-refractivity contribution in [2.24, 2.45) is 7.05 Å². The van der Waals surface area contributed by atoms with E-state index in [0.717, 1.165) is 30.2 Å². The fraction of sp³-hybridized carbons (Fsp3) is 0.500. The number of hydrogen-bond acceptors (Lipinski definition) is 4. The van der Waals surface area contributed by atoms with Gasteiger partial charge in [0.25, 0.3) is 0 Å². The molecule has 0 aromatic carbocycles. The van der Waals surface area contributed by atoms with Crippen LogP contribution in [0.4, 0.5) is 5.82 Å². The van der Waals surface area contributed by atoms with Gasteiger partial charge in [-0.1, -0.05) is 0 Å². The topological polar surface area (TPSA) is 81.4 Å². The molecule has 3 rings (SSSR count). The minimum atomic E-state index is -0.134. The highest BCUT2D eigenvalue weighted by molar-refractivity contribution is 5.95. The average Bonchev–Trinajstić information content (AvgIpc) is 3.25. The van der Waals surface area contributed by atoms with Crippen LogP contribution in [0.1, 0.15) is 19.3 Å². The molecule has 2 aromatic heterocycles. The first-order valence-corrected chi connectivity index (χ1v) is 8.85. The summed E-state index contributed by atoms with van der Waals surface area (Å²) in [6.45, 7) is 2.37. The van der Waals surface area contributed by atoms with Gasteiger partial charge in [-0.25, -0.2) is 4.68 Å². The molecule has 0 radical (unpaired) electrons. The zero-order valence-corrected chi connectivity index (χ0v) is 15.3. The predicted molar refractivity (Wildman–Crippen MR) is 97.7 cm³/mol. The van der Waals surface area contributed by atoms with Crippen LogP contribution in [0.2, 0.25) is 0 Å². The molecule has 8 heteroatoms. The Bertz CT molecular complexity index is 780. The number of carbonyl (C=O) groups is 2. The van der Waals surface area contributed by atoms with Gasteiger partial charge in [-0.2, -0.15) is 5.10 Å². The number of nitrogens with zero attached hydrogens (tertiary/aromatic N) is 4. The standard InChI is InChI=1S/C18H25N5O3/c1-21-9-3-5-15(21)14-13-17-22(10-4-11-23(17)20-14)18(25)7-6-16(24)19-8-12-26-2/h3,5,9,13H,4,6-8,10-12H2,1-2H3,(H,19,24). The van der Waals surface area contributed by atoms with E-state index in [2.05, 4.69) is 10.4 Å². The quantitative estimate of drug-likeness (QED) is 0.753. The summed E-state index contributed by atoms with van der Waals surface area (Å²) in [5.74, 6) is 0.619. The Balaban J connectivity index is 1.65. The number of hydrogen-bond donors (Lipinski definition) is 1. The molecule has 1 N–H and O–H groups in total. The number of ether oxygens (including phenoxy) is 1. The second-order valence-electron chi connectivity index (χ2n) is 6.36. The molecule has 0 unspecified atom stereocenters. The van der Waals surface area contributed by atoms with E-state index in [1.807, 2.05) is 40.7 Å². The van der Waals surface area contributed by atoms with E-state index in [9.17, 15) is 9.59 Å². The van der Waals surface area contributed by atoms with Crippen LogP contribution < -0.4 is 10.2 Å². The average molecular weight is 359 g/mol. The molecule has 1 aliphatic rings. The van der Waals surface area contributed by atoms with Crippen molar-refractivity contribution in [2.45, 2.75) is 25.8 Å². The van der Waals surface area contributed by atoms with Crippen LogP contribution in [0.15, 0.2) is 24.4 Å². The Morgan fingerprint density at radius 3 is 2.88 bits per heavy atom. The molecule has 140 valence electrons. The molecule has 26 heavy (non-hydrogen) atoms. The van der Waals surface area contributed by atoms with Gasteiger partial charge in [0, 0.05) is 58.9 Å². The van der Waals surface area contributed by atoms with E-state index in [0.29, 0.717) is 19.7 Å². The molecule has 0 aliphatic carbocycles. The number of aryl methyl sites for hydroxylation is 2. The van der Waals surface area contributed by atoms with E-state index < -0.39 is 0 Å².